The monoisotopic (exact) mass is 424 g/mol. The molecule has 0 saturated carbocycles. The Balaban J connectivity index is 1.81. The van der Waals surface area contributed by atoms with Crippen LogP contribution in [0.4, 0.5) is 0 Å². The van der Waals surface area contributed by atoms with Crippen LogP contribution in [0, 0.1) is 0 Å². The van der Waals surface area contributed by atoms with Crippen molar-refractivity contribution in [2.45, 2.75) is 49.7 Å². The lowest BCUT2D eigenvalue weighted by Crippen LogP contribution is -2.33. The van der Waals surface area contributed by atoms with E-state index in [2.05, 4.69) is 13.4 Å². The first kappa shape index (κ1) is 22.3. The van der Waals surface area contributed by atoms with E-state index in [0.29, 0.717) is 0 Å². The van der Waals surface area contributed by atoms with Crippen molar-refractivity contribution in [3.05, 3.63) is 0 Å². The van der Waals surface area contributed by atoms with Crippen LogP contribution in [0.2, 0.25) is 0 Å². The second-order valence-electron chi connectivity index (χ2n) is 5.90. The Morgan fingerprint density at radius 2 is 1.46 bits per heavy atom. The standard InChI is InChI=1S/C11H22O13P2/c1-5-9(13)11(15)8(23-5)4-22-26(18,19)24-25(16,17)21-3-7-10(14)6(12)2-20-7/h5-15H,2-4H2,1H3,(H,16,17)(H,18,19)/t5?,6-,7+,8+,9-,10-,11+/m0/s1. The molecule has 2 heterocycles. The van der Waals surface area contributed by atoms with Gasteiger partial charge >= 0.3 is 15.6 Å². The zero-order valence-electron chi connectivity index (χ0n) is 13.6. The number of phosphoric acid groups is 2. The van der Waals surface area contributed by atoms with Gasteiger partial charge in [0.05, 0.1) is 25.9 Å². The summed E-state index contributed by atoms with van der Waals surface area (Å²) in [6, 6.07) is 0. The van der Waals surface area contributed by atoms with E-state index in [1.807, 2.05) is 0 Å². The van der Waals surface area contributed by atoms with E-state index < -0.39 is 71.6 Å². The third kappa shape index (κ3) is 5.76. The van der Waals surface area contributed by atoms with Gasteiger partial charge in [0.25, 0.3) is 0 Å². The lowest BCUT2D eigenvalue weighted by molar-refractivity contribution is -0.0189. The fourth-order valence-electron chi connectivity index (χ4n) is 2.40. The molecular weight excluding hydrogens is 402 g/mol. The minimum absolute atomic E-state index is 0.207. The molecular formula is C11H22O13P2. The molecule has 0 aromatic rings. The Morgan fingerprint density at radius 1 is 0.923 bits per heavy atom. The number of rotatable bonds is 8. The van der Waals surface area contributed by atoms with Crippen molar-refractivity contribution in [1.82, 2.24) is 0 Å². The zero-order valence-corrected chi connectivity index (χ0v) is 15.4. The lowest BCUT2D eigenvalue weighted by Gasteiger charge is -2.20. The van der Waals surface area contributed by atoms with Gasteiger partial charge in [0.1, 0.15) is 36.6 Å². The molecule has 15 heteroatoms. The first-order valence-electron chi connectivity index (χ1n) is 7.57. The van der Waals surface area contributed by atoms with E-state index in [1.54, 1.807) is 0 Å². The van der Waals surface area contributed by atoms with Crippen molar-refractivity contribution in [3.8, 4) is 0 Å². The van der Waals surface area contributed by atoms with Crippen LogP contribution in [0.15, 0.2) is 0 Å². The zero-order chi connectivity index (χ0) is 19.7. The van der Waals surface area contributed by atoms with Crippen LogP contribution in [0.5, 0.6) is 0 Å². The Kier molecular flexibility index (Phi) is 7.36. The minimum Gasteiger partial charge on any atom is -0.388 e. The first-order valence-corrected chi connectivity index (χ1v) is 10.6. The molecule has 0 aliphatic carbocycles. The van der Waals surface area contributed by atoms with Gasteiger partial charge in [0, 0.05) is 0 Å². The summed E-state index contributed by atoms with van der Waals surface area (Å²) in [4.78, 5) is 19.0. The maximum Gasteiger partial charge on any atom is 0.481 e. The summed E-state index contributed by atoms with van der Waals surface area (Å²) in [6.45, 7) is -0.135. The fourth-order valence-corrected chi connectivity index (χ4v) is 4.49. The van der Waals surface area contributed by atoms with E-state index >= 15 is 0 Å². The normalized spacial score (nSPS) is 42.5. The first-order chi connectivity index (χ1) is 11.9. The van der Waals surface area contributed by atoms with Crippen molar-refractivity contribution in [2.75, 3.05) is 19.8 Å². The number of aliphatic hydroxyl groups excluding tert-OH is 4. The maximum absolute atomic E-state index is 11.7. The molecule has 0 aromatic carbocycles. The summed E-state index contributed by atoms with van der Waals surface area (Å²) in [7, 11) is -10.2. The van der Waals surface area contributed by atoms with Gasteiger partial charge in [-0.1, -0.05) is 0 Å². The van der Waals surface area contributed by atoms with E-state index in [9.17, 15) is 39.3 Å². The Bertz CT molecular complexity index is 572. The third-order valence-electron chi connectivity index (χ3n) is 3.87. The molecule has 2 saturated heterocycles. The number of hydrogen-bond acceptors (Lipinski definition) is 11. The maximum atomic E-state index is 11.7. The number of phosphoric ester groups is 2. The van der Waals surface area contributed by atoms with Crippen LogP contribution in [0.25, 0.3) is 0 Å². The lowest BCUT2D eigenvalue weighted by atomic mass is 10.1. The largest absolute Gasteiger partial charge is 0.481 e. The van der Waals surface area contributed by atoms with Crippen LogP contribution >= 0.6 is 15.6 Å². The summed E-state index contributed by atoms with van der Waals surface area (Å²) in [5.74, 6) is 0. The van der Waals surface area contributed by atoms with Crippen LogP contribution in [0.1, 0.15) is 6.92 Å². The molecule has 13 nitrogen and oxygen atoms in total. The molecule has 6 N–H and O–H groups in total. The van der Waals surface area contributed by atoms with Crippen LogP contribution in [0.3, 0.4) is 0 Å². The van der Waals surface area contributed by atoms with E-state index in [0.717, 1.165) is 0 Å². The van der Waals surface area contributed by atoms with Crippen LogP contribution in [-0.2, 0) is 32.0 Å². The van der Waals surface area contributed by atoms with Gasteiger partial charge in [-0.3, -0.25) is 9.05 Å². The van der Waals surface area contributed by atoms with Crippen LogP contribution in [-0.4, -0.2) is 92.8 Å². The van der Waals surface area contributed by atoms with Crippen molar-refractivity contribution >= 4 is 15.6 Å². The second kappa shape index (κ2) is 8.58. The van der Waals surface area contributed by atoms with Gasteiger partial charge < -0.3 is 39.7 Å². The smallest absolute Gasteiger partial charge is 0.388 e. The minimum atomic E-state index is -5.08. The quantitative estimate of drug-likeness (QED) is 0.231. The molecule has 26 heavy (non-hydrogen) atoms. The summed E-state index contributed by atoms with van der Waals surface area (Å²) in [5, 5.41) is 37.9. The highest BCUT2D eigenvalue weighted by molar-refractivity contribution is 7.61. The molecule has 3 unspecified atom stereocenters. The number of aliphatic hydroxyl groups is 4. The molecule has 2 fully saturated rings. The highest BCUT2D eigenvalue weighted by Crippen LogP contribution is 2.60. The van der Waals surface area contributed by atoms with Gasteiger partial charge in [0.15, 0.2) is 0 Å². The predicted octanol–water partition coefficient (Wildman–Crippen LogP) is -2.13. The van der Waals surface area contributed by atoms with Gasteiger partial charge in [-0.05, 0) is 6.92 Å². The van der Waals surface area contributed by atoms with E-state index in [4.69, 9.17) is 9.47 Å². The van der Waals surface area contributed by atoms with Crippen molar-refractivity contribution in [3.63, 3.8) is 0 Å². The average molecular weight is 424 g/mol. The SMILES string of the molecule is CC1O[C@H](COP(=O)(O)OP(=O)(O)OC[C@H]2OC[C@H](O)[C@@H]2O)[C@@H](O)[C@H]1O. The molecule has 0 aromatic heterocycles. The molecule has 0 spiro atoms. The van der Waals surface area contributed by atoms with Gasteiger partial charge in [-0.15, -0.1) is 0 Å². The van der Waals surface area contributed by atoms with Crippen molar-refractivity contribution < 1.29 is 62.2 Å². The second-order valence-corrected chi connectivity index (χ2v) is 8.94. The molecule has 0 amide bonds. The molecule has 2 rings (SSSR count). The Morgan fingerprint density at radius 3 is 1.88 bits per heavy atom. The Labute approximate surface area is 148 Å². The molecule has 2 aliphatic heterocycles. The summed E-state index contributed by atoms with van der Waals surface area (Å²) < 4.78 is 46.5. The molecule has 9 atom stereocenters. The average Bonchev–Trinajstić information content (AvgIpc) is 2.97. The van der Waals surface area contributed by atoms with Gasteiger partial charge in [-0.25, -0.2) is 9.13 Å². The summed E-state index contributed by atoms with van der Waals surface area (Å²) in [5.41, 5.74) is 0. The van der Waals surface area contributed by atoms with Crippen LogP contribution < -0.4 is 0 Å². The highest BCUT2D eigenvalue weighted by atomic mass is 31.3. The fraction of sp³-hybridized carbons (Fsp3) is 1.00. The molecule has 154 valence electrons. The highest BCUT2D eigenvalue weighted by Gasteiger charge is 2.43. The molecule has 2 aliphatic rings. The number of ether oxygens (including phenoxy) is 2. The summed E-state index contributed by atoms with van der Waals surface area (Å²) >= 11 is 0. The van der Waals surface area contributed by atoms with E-state index in [-0.39, 0.29) is 6.61 Å². The van der Waals surface area contributed by atoms with Crippen molar-refractivity contribution in [1.29, 1.82) is 0 Å². The third-order valence-corrected chi connectivity index (χ3v) is 6.47. The Hall–Kier alpha value is 0.0200. The molecule has 0 bridgehead atoms. The topological polar surface area (TPSA) is 202 Å². The van der Waals surface area contributed by atoms with E-state index in [1.165, 1.54) is 6.92 Å². The number of hydrogen-bond donors (Lipinski definition) is 6. The predicted molar refractivity (Wildman–Crippen MR) is 80.7 cm³/mol. The summed E-state index contributed by atoms with van der Waals surface area (Å²) in [6.07, 6.45) is -8.16. The van der Waals surface area contributed by atoms with Crippen molar-refractivity contribution in [2.24, 2.45) is 0 Å². The van der Waals surface area contributed by atoms with Gasteiger partial charge in [0.2, 0.25) is 0 Å². The van der Waals surface area contributed by atoms with Gasteiger partial charge in [-0.2, -0.15) is 4.31 Å². The molecule has 0 radical (unpaired) electrons.